The number of rotatable bonds is 7. The Labute approximate surface area is 149 Å². The van der Waals surface area contributed by atoms with E-state index in [1.807, 2.05) is 43.3 Å². The van der Waals surface area contributed by atoms with Crippen molar-refractivity contribution in [1.82, 2.24) is 4.90 Å². The van der Waals surface area contributed by atoms with Crippen LogP contribution in [0.5, 0.6) is 5.75 Å². The molecule has 132 valence electrons. The Kier molecular flexibility index (Phi) is 6.07. The van der Waals surface area contributed by atoms with Crippen LogP contribution < -0.4 is 10.1 Å². The predicted molar refractivity (Wildman–Crippen MR) is 101 cm³/mol. The minimum Gasteiger partial charge on any atom is -0.494 e. The van der Waals surface area contributed by atoms with Gasteiger partial charge in [-0.3, -0.25) is 9.69 Å². The molecule has 0 bridgehead atoms. The first-order chi connectivity index (χ1) is 12.2. The molecular formula is C21H26N2O2. The Morgan fingerprint density at radius 3 is 2.56 bits per heavy atom. The van der Waals surface area contributed by atoms with Gasteiger partial charge in [-0.25, -0.2) is 0 Å². The summed E-state index contributed by atoms with van der Waals surface area (Å²) in [5.41, 5.74) is 3.10. The molecule has 2 aromatic rings. The van der Waals surface area contributed by atoms with Crippen molar-refractivity contribution in [3.63, 3.8) is 0 Å². The molecule has 0 radical (unpaired) electrons. The summed E-state index contributed by atoms with van der Waals surface area (Å²) in [6.45, 7) is 5.91. The standard InChI is InChI=1S/C21H26N2O2/c1-2-25-20-10-8-17(9-11-20)15-21(24)22-19-7-5-6-18(14-19)16-23-12-3-4-13-23/h5-11,14H,2-4,12-13,15-16H2,1H3,(H,22,24). The van der Waals surface area contributed by atoms with E-state index >= 15 is 0 Å². The van der Waals surface area contributed by atoms with Crippen molar-refractivity contribution in [2.75, 3.05) is 25.0 Å². The maximum absolute atomic E-state index is 12.3. The number of amides is 1. The summed E-state index contributed by atoms with van der Waals surface area (Å²) >= 11 is 0. The zero-order chi connectivity index (χ0) is 17.5. The molecule has 1 saturated heterocycles. The highest BCUT2D eigenvalue weighted by Gasteiger charge is 2.12. The molecule has 1 aliphatic heterocycles. The molecule has 0 aliphatic carbocycles. The third-order valence-electron chi connectivity index (χ3n) is 4.41. The second-order valence-corrected chi connectivity index (χ2v) is 6.49. The fourth-order valence-electron chi connectivity index (χ4n) is 3.21. The molecule has 0 aromatic heterocycles. The van der Waals surface area contributed by atoms with E-state index in [4.69, 9.17) is 4.74 Å². The number of carbonyl (C=O) groups is 1. The SMILES string of the molecule is CCOc1ccc(CC(=O)Nc2cccc(CN3CCCC3)c2)cc1. The quantitative estimate of drug-likeness (QED) is 0.833. The highest BCUT2D eigenvalue weighted by atomic mass is 16.5. The molecule has 1 fully saturated rings. The average molecular weight is 338 g/mol. The number of ether oxygens (including phenoxy) is 1. The Hall–Kier alpha value is -2.33. The zero-order valence-corrected chi connectivity index (χ0v) is 14.8. The lowest BCUT2D eigenvalue weighted by Gasteiger charge is -2.15. The molecular weight excluding hydrogens is 312 g/mol. The maximum atomic E-state index is 12.3. The van der Waals surface area contributed by atoms with E-state index in [0.717, 1.165) is 23.5 Å². The Morgan fingerprint density at radius 1 is 1.08 bits per heavy atom. The molecule has 3 rings (SSSR count). The van der Waals surface area contributed by atoms with Gasteiger partial charge in [0.15, 0.2) is 0 Å². The molecule has 0 unspecified atom stereocenters. The lowest BCUT2D eigenvalue weighted by atomic mass is 10.1. The van der Waals surface area contributed by atoms with E-state index < -0.39 is 0 Å². The number of benzene rings is 2. The van der Waals surface area contributed by atoms with Crippen LogP contribution in [-0.4, -0.2) is 30.5 Å². The van der Waals surface area contributed by atoms with Crippen molar-refractivity contribution in [2.24, 2.45) is 0 Å². The van der Waals surface area contributed by atoms with Crippen LogP contribution in [0.15, 0.2) is 48.5 Å². The van der Waals surface area contributed by atoms with Crippen LogP contribution in [0.25, 0.3) is 0 Å². The summed E-state index contributed by atoms with van der Waals surface area (Å²) in [7, 11) is 0. The Balaban J connectivity index is 1.55. The molecule has 0 atom stereocenters. The minimum absolute atomic E-state index is 0.00230. The minimum atomic E-state index is 0.00230. The largest absolute Gasteiger partial charge is 0.494 e. The van der Waals surface area contributed by atoms with Gasteiger partial charge in [0.05, 0.1) is 13.0 Å². The van der Waals surface area contributed by atoms with E-state index in [1.165, 1.54) is 31.5 Å². The lowest BCUT2D eigenvalue weighted by molar-refractivity contribution is -0.115. The Bertz CT molecular complexity index is 691. The lowest BCUT2D eigenvalue weighted by Crippen LogP contribution is -2.19. The predicted octanol–water partition coefficient (Wildman–Crippen LogP) is 3.86. The van der Waals surface area contributed by atoms with Crippen LogP contribution in [0, 0.1) is 0 Å². The van der Waals surface area contributed by atoms with E-state index in [0.29, 0.717) is 13.0 Å². The molecule has 2 aromatic carbocycles. The van der Waals surface area contributed by atoms with Gasteiger partial charge in [-0.15, -0.1) is 0 Å². The fourth-order valence-corrected chi connectivity index (χ4v) is 3.21. The molecule has 4 nitrogen and oxygen atoms in total. The van der Waals surface area contributed by atoms with Crippen LogP contribution in [0.3, 0.4) is 0 Å². The summed E-state index contributed by atoms with van der Waals surface area (Å²) in [6.07, 6.45) is 2.94. The van der Waals surface area contributed by atoms with Gasteiger partial charge in [0, 0.05) is 12.2 Å². The number of nitrogens with one attached hydrogen (secondary N) is 1. The zero-order valence-electron chi connectivity index (χ0n) is 14.8. The second kappa shape index (κ2) is 8.67. The summed E-state index contributed by atoms with van der Waals surface area (Å²) in [6, 6.07) is 15.9. The molecule has 0 spiro atoms. The first-order valence-electron chi connectivity index (χ1n) is 9.06. The van der Waals surface area contributed by atoms with Gasteiger partial charge >= 0.3 is 0 Å². The highest BCUT2D eigenvalue weighted by Crippen LogP contribution is 2.17. The van der Waals surface area contributed by atoms with Crippen LogP contribution >= 0.6 is 0 Å². The summed E-state index contributed by atoms with van der Waals surface area (Å²) < 4.78 is 5.42. The number of hydrogen-bond donors (Lipinski definition) is 1. The molecule has 4 heteroatoms. The number of hydrogen-bond acceptors (Lipinski definition) is 3. The van der Waals surface area contributed by atoms with Crippen molar-refractivity contribution in [3.05, 3.63) is 59.7 Å². The van der Waals surface area contributed by atoms with Crippen molar-refractivity contribution < 1.29 is 9.53 Å². The number of anilines is 1. The van der Waals surface area contributed by atoms with Gasteiger partial charge in [-0.05, 0) is 68.2 Å². The molecule has 25 heavy (non-hydrogen) atoms. The third-order valence-corrected chi connectivity index (χ3v) is 4.41. The number of nitrogens with zero attached hydrogens (tertiary/aromatic N) is 1. The number of likely N-dealkylation sites (tertiary alicyclic amines) is 1. The van der Waals surface area contributed by atoms with Gasteiger partial charge < -0.3 is 10.1 Å². The summed E-state index contributed by atoms with van der Waals surface area (Å²) in [5.74, 6) is 0.837. The van der Waals surface area contributed by atoms with Crippen LogP contribution in [0.2, 0.25) is 0 Å². The molecule has 1 N–H and O–H groups in total. The van der Waals surface area contributed by atoms with Crippen LogP contribution in [-0.2, 0) is 17.8 Å². The van der Waals surface area contributed by atoms with E-state index in [1.54, 1.807) is 0 Å². The second-order valence-electron chi connectivity index (χ2n) is 6.49. The smallest absolute Gasteiger partial charge is 0.228 e. The molecule has 1 aliphatic rings. The summed E-state index contributed by atoms with van der Waals surface area (Å²) in [4.78, 5) is 14.8. The molecule has 0 saturated carbocycles. The van der Waals surface area contributed by atoms with Crippen molar-refractivity contribution in [2.45, 2.75) is 32.7 Å². The highest BCUT2D eigenvalue weighted by molar-refractivity contribution is 5.92. The average Bonchev–Trinajstić information content (AvgIpc) is 3.10. The normalized spacial score (nSPS) is 14.4. The summed E-state index contributed by atoms with van der Waals surface area (Å²) in [5, 5.41) is 3.01. The topological polar surface area (TPSA) is 41.6 Å². The monoisotopic (exact) mass is 338 g/mol. The van der Waals surface area contributed by atoms with Gasteiger partial charge in [0.25, 0.3) is 0 Å². The number of carbonyl (C=O) groups excluding carboxylic acids is 1. The van der Waals surface area contributed by atoms with Gasteiger partial charge in [0.2, 0.25) is 5.91 Å². The van der Waals surface area contributed by atoms with Gasteiger partial charge in [0.1, 0.15) is 5.75 Å². The van der Waals surface area contributed by atoms with E-state index in [2.05, 4.69) is 22.3 Å². The van der Waals surface area contributed by atoms with Crippen molar-refractivity contribution >= 4 is 11.6 Å². The van der Waals surface area contributed by atoms with Crippen LogP contribution in [0.1, 0.15) is 30.9 Å². The molecule has 1 heterocycles. The first-order valence-corrected chi connectivity index (χ1v) is 9.06. The molecule has 1 amide bonds. The van der Waals surface area contributed by atoms with Gasteiger partial charge in [-0.1, -0.05) is 24.3 Å². The fraction of sp³-hybridized carbons (Fsp3) is 0.381. The Morgan fingerprint density at radius 2 is 1.84 bits per heavy atom. The van der Waals surface area contributed by atoms with Crippen molar-refractivity contribution in [3.8, 4) is 5.75 Å². The first kappa shape index (κ1) is 17.5. The van der Waals surface area contributed by atoms with Gasteiger partial charge in [-0.2, -0.15) is 0 Å². The maximum Gasteiger partial charge on any atom is 0.228 e. The third kappa shape index (κ3) is 5.33. The van der Waals surface area contributed by atoms with E-state index in [9.17, 15) is 4.79 Å². The van der Waals surface area contributed by atoms with E-state index in [-0.39, 0.29) is 5.91 Å². The van der Waals surface area contributed by atoms with Crippen molar-refractivity contribution in [1.29, 1.82) is 0 Å². The van der Waals surface area contributed by atoms with Crippen LogP contribution in [0.4, 0.5) is 5.69 Å².